The van der Waals surface area contributed by atoms with Crippen LogP contribution >= 0.6 is 0 Å². The molecule has 0 aromatic carbocycles. The molecule has 1 aromatic heterocycles. The minimum atomic E-state index is -2.74. The van der Waals surface area contributed by atoms with Gasteiger partial charge in [-0.15, -0.1) is 0 Å². The van der Waals surface area contributed by atoms with Crippen molar-refractivity contribution < 1.29 is 11.6 Å². The molecule has 0 unspecified atom stereocenters. The third-order valence-electron chi connectivity index (χ3n) is 1.86. The zero-order chi connectivity index (χ0) is 13.8. The van der Waals surface area contributed by atoms with Gasteiger partial charge in [0.05, 0.1) is 7.39 Å². The standard InChI is InChI=1S/C10H12N2O/c1-12-9(4-5-10(12)13)8-3-2-6-11-7-8/h2-3,6-7,9H,4-5H2,1H3/t9-/m0/s1/i4D2,5D2,9D. The smallest absolute Gasteiger partial charge is 0.222 e. The van der Waals surface area contributed by atoms with Crippen molar-refractivity contribution in [1.29, 1.82) is 0 Å². The van der Waals surface area contributed by atoms with Crippen molar-refractivity contribution in [2.75, 3.05) is 7.05 Å². The summed E-state index contributed by atoms with van der Waals surface area (Å²) in [6, 6.07) is 0.860. The van der Waals surface area contributed by atoms with Crippen LogP contribution in [0.2, 0.25) is 0 Å². The molecule has 1 amide bonds. The second-order valence-electron chi connectivity index (χ2n) is 2.70. The predicted octanol–water partition coefficient (Wildman–Crippen LogP) is 1.37. The van der Waals surface area contributed by atoms with E-state index < -0.39 is 24.7 Å². The van der Waals surface area contributed by atoms with Crippen LogP contribution in [0.3, 0.4) is 0 Å². The number of amides is 1. The van der Waals surface area contributed by atoms with Gasteiger partial charge in [0.15, 0.2) is 0 Å². The molecular formula is C10H12N2O. The fourth-order valence-corrected chi connectivity index (χ4v) is 1.15. The van der Waals surface area contributed by atoms with E-state index in [0.717, 1.165) is 4.90 Å². The van der Waals surface area contributed by atoms with Gasteiger partial charge >= 0.3 is 0 Å². The molecule has 1 aliphatic rings. The minimum Gasteiger partial charge on any atom is -0.339 e. The quantitative estimate of drug-likeness (QED) is 0.655. The average molecular weight is 181 g/mol. The van der Waals surface area contributed by atoms with Gasteiger partial charge in [-0.1, -0.05) is 6.07 Å². The summed E-state index contributed by atoms with van der Waals surface area (Å²) in [6.45, 7) is 0. The molecule has 13 heavy (non-hydrogen) atoms. The predicted molar refractivity (Wildman–Crippen MR) is 49.0 cm³/mol. The highest BCUT2D eigenvalue weighted by atomic mass is 16.2. The normalized spacial score (nSPS) is 41.5. The highest BCUT2D eigenvalue weighted by Gasteiger charge is 2.28. The van der Waals surface area contributed by atoms with Crippen molar-refractivity contribution in [1.82, 2.24) is 9.88 Å². The number of carbonyl (C=O) groups is 1. The molecule has 68 valence electrons. The van der Waals surface area contributed by atoms with Gasteiger partial charge in [0.25, 0.3) is 0 Å². The Morgan fingerprint density at radius 1 is 1.85 bits per heavy atom. The van der Waals surface area contributed by atoms with E-state index in [9.17, 15) is 4.79 Å². The zero-order valence-corrected chi connectivity index (χ0v) is 7.11. The number of pyridine rings is 1. The van der Waals surface area contributed by atoms with Crippen LogP contribution in [0.25, 0.3) is 0 Å². The Morgan fingerprint density at radius 3 is 3.23 bits per heavy atom. The number of likely N-dealkylation sites (tertiary alicyclic amines) is 1. The molecule has 1 saturated heterocycles. The van der Waals surface area contributed by atoms with Gasteiger partial charge in [-0.3, -0.25) is 9.78 Å². The van der Waals surface area contributed by atoms with Crippen molar-refractivity contribution in [2.45, 2.75) is 18.8 Å². The largest absolute Gasteiger partial charge is 0.339 e. The molecule has 0 radical (unpaired) electrons. The van der Waals surface area contributed by atoms with Gasteiger partial charge in [0.1, 0.15) is 0 Å². The van der Waals surface area contributed by atoms with Gasteiger partial charge < -0.3 is 4.90 Å². The van der Waals surface area contributed by atoms with Crippen molar-refractivity contribution in [3.05, 3.63) is 30.1 Å². The van der Waals surface area contributed by atoms with Crippen LogP contribution < -0.4 is 0 Å². The summed E-state index contributed by atoms with van der Waals surface area (Å²) in [7, 11) is 1.23. The highest BCUT2D eigenvalue weighted by Crippen LogP contribution is 2.30. The van der Waals surface area contributed by atoms with E-state index in [0.29, 0.717) is 0 Å². The first-order valence-electron chi connectivity index (χ1n) is 6.36. The number of hydrogen-bond donors (Lipinski definition) is 0. The summed E-state index contributed by atoms with van der Waals surface area (Å²) >= 11 is 0. The molecule has 3 heteroatoms. The lowest BCUT2D eigenvalue weighted by Crippen LogP contribution is -2.22. The van der Waals surface area contributed by atoms with Crippen LogP contribution in [0.1, 0.15) is 31.2 Å². The Labute approximate surface area is 84.4 Å². The molecule has 0 bridgehead atoms. The molecular weight excluding hydrogens is 164 g/mol. The molecule has 0 N–H and O–H groups in total. The summed E-state index contributed by atoms with van der Waals surface area (Å²) in [5, 5.41) is 0. The number of rotatable bonds is 1. The van der Waals surface area contributed by atoms with Gasteiger partial charge in [0, 0.05) is 31.3 Å². The van der Waals surface area contributed by atoms with Crippen LogP contribution in [0, 0.1) is 0 Å². The van der Waals surface area contributed by atoms with Gasteiger partial charge in [0.2, 0.25) is 5.91 Å². The molecule has 1 atom stereocenters. The molecule has 0 saturated carbocycles. The zero-order valence-electron chi connectivity index (χ0n) is 12.1. The maximum absolute atomic E-state index is 11.8. The first kappa shape index (κ1) is 4.22. The topological polar surface area (TPSA) is 33.2 Å². The van der Waals surface area contributed by atoms with E-state index in [-0.39, 0.29) is 5.56 Å². The molecule has 1 aromatic rings. The Kier molecular flexibility index (Phi) is 1.03. The number of aromatic nitrogens is 1. The van der Waals surface area contributed by atoms with Crippen molar-refractivity contribution in [3.63, 3.8) is 0 Å². The van der Waals surface area contributed by atoms with E-state index in [4.69, 9.17) is 6.85 Å². The second kappa shape index (κ2) is 3.17. The van der Waals surface area contributed by atoms with Crippen molar-refractivity contribution in [3.8, 4) is 0 Å². The van der Waals surface area contributed by atoms with Crippen molar-refractivity contribution >= 4 is 5.91 Å². The van der Waals surface area contributed by atoms with Crippen LogP contribution in [0.4, 0.5) is 0 Å². The molecule has 0 spiro atoms. The number of nitrogens with zero attached hydrogens (tertiary/aromatic N) is 2. The summed E-state index contributed by atoms with van der Waals surface area (Å²) in [5.41, 5.74) is 0.146. The highest BCUT2D eigenvalue weighted by molar-refractivity contribution is 5.78. The van der Waals surface area contributed by atoms with Crippen molar-refractivity contribution in [2.24, 2.45) is 0 Å². The summed E-state index contributed by atoms with van der Waals surface area (Å²) in [4.78, 5) is 16.4. The fraction of sp³-hybridized carbons (Fsp3) is 0.400. The van der Waals surface area contributed by atoms with Gasteiger partial charge in [-0.05, 0) is 18.0 Å². The summed E-state index contributed by atoms with van der Waals surface area (Å²) in [5.74, 6) is -1.04. The van der Waals surface area contributed by atoms with E-state index in [2.05, 4.69) is 4.98 Å². The summed E-state index contributed by atoms with van der Waals surface area (Å²) in [6.07, 6.45) is -2.67. The first-order chi connectivity index (χ1) is 8.17. The molecule has 1 aliphatic heterocycles. The molecule has 3 nitrogen and oxygen atoms in total. The lowest BCUT2D eigenvalue weighted by atomic mass is 10.1. The van der Waals surface area contributed by atoms with E-state index in [1.54, 1.807) is 0 Å². The number of carbonyl (C=O) groups excluding carboxylic acids is 1. The molecule has 2 heterocycles. The monoisotopic (exact) mass is 181 g/mol. The maximum atomic E-state index is 11.8. The Balaban J connectivity index is 2.67. The number of hydrogen-bond acceptors (Lipinski definition) is 2. The fourth-order valence-electron chi connectivity index (χ4n) is 1.15. The Bertz CT molecular complexity index is 492. The summed E-state index contributed by atoms with van der Waals surface area (Å²) < 4.78 is 39.2. The second-order valence-corrected chi connectivity index (χ2v) is 2.70. The van der Waals surface area contributed by atoms with Crippen LogP contribution in [-0.2, 0) is 4.79 Å². The van der Waals surface area contributed by atoms with Crippen LogP contribution in [0.15, 0.2) is 24.5 Å². The lowest BCUT2D eigenvalue weighted by Gasteiger charge is -2.19. The average Bonchev–Trinajstić information content (AvgIpc) is 2.43. The minimum absolute atomic E-state index is 0.146. The first-order valence-corrected chi connectivity index (χ1v) is 3.86. The maximum Gasteiger partial charge on any atom is 0.222 e. The van der Waals surface area contributed by atoms with E-state index in [1.807, 2.05) is 0 Å². The Hall–Kier alpha value is -1.38. The van der Waals surface area contributed by atoms with Crippen LogP contribution in [0.5, 0.6) is 0 Å². The van der Waals surface area contributed by atoms with Gasteiger partial charge in [-0.2, -0.15) is 0 Å². The lowest BCUT2D eigenvalue weighted by molar-refractivity contribution is -0.127. The Morgan fingerprint density at radius 2 is 2.69 bits per heavy atom. The molecule has 1 fully saturated rings. The SMILES string of the molecule is [2H]C1([2H])C(=O)N(C)[C@]([2H])(c2cccnc2)C1([2H])[2H]. The van der Waals surface area contributed by atoms with Gasteiger partial charge in [-0.25, -0.2) is 0 Å². The van der Waals surface area contributed by atoms with E-state index in [1.165, 1.54) is 31.6 Å². The molecule has 0 aliphatic carbocycles. The third-order valence-corrected chi connectivity index (χ3v) is 1.86. The molecule has 2 rings (SSSR count). The third kappa shape index (κ3) is 1.41. The van der Waals surface area contributed by atoms with Crippen LogP contribution in [-0.4, -0.2) is 22.8 Å². The van der Waals surface area contributed by atoms with E-state index >= 15 is 0 Å².